The summed E-state index contributed by atoms with van der Waals surface area (Å²) in [6, 6.07) is 16.8. The molecule has 0 saturated carbocycles. The number of nitrogens with one attached hydrogen (secondary N) is 1. The van der Waals surface area contributed by atoms with E-state index in [0.29, 0.717) is 5.39 Å². The summed E-state index contributed by atoms with van der Waals surface area (Å²) >= 11 is 0. The van der Waals surface area contributed by atoms with E-state index in [4.69, 9.17) is 14.2 Å². The molecule has 0 aromatic heterocycles. The first kappa shape index (κ1) is 23.8. The zero-order valence-corrected chi connectivity index (χ0v) is 19.4. The van der Waals surface area contributed by atoms with Crippen molar-refractivity contribution in [2.24, 2.45) is 0 Å². The van der Waals surface area contributed by atoms with Crippen molar-refractivity contribution in [1.82, 2.24) is 5.32 Å². The smallest absolute Gasteiger partial charge is 0.407 e. The maximum Gasteiger partial charge on any atom is 0.407 e. The number of ether oxygens (including phenoxy) is 3. The highest BCUT2D eigenvalue weighted by Gasteiger charge is 2.19. The largest absolute Gasteiger partial charge is 0.444 e. The van der Waals surface area contributed by atoms with Crippen LogP contribution in [0.5, 0.6) is 11.5 Å². The Morgan fingerprint density at radius 3 is 2.09 bits per heavy atom. The Balaban J connectivity index is 2.16. The molecule has 7 nitrogen and oxygen atoms in total. The normalized spacial score (nSPS) is 11.1. The maximum atomic E-state index is 12.3. The molecule has 0 atom stereocenters. The topological polar surface area (TPSA) is 90.9 Å². The van der Waals surface area contributed by atoms with Crippen LogP contribution in [0.3, 0.4) is 0 Å². The lowest BCUT2D eigenvalue weighted by Crippen LogP contribution is -2.32. The number of carbonyl (C=O) groups is 3. The van der Waals surface area contributed by atoms with Crippen LogP contribution >= 0.6 is 0 Å². The van der Waals surface area contributed by atoms with Gasteiger partial charge in [0.1, 0.15) is 5.60 Å². The van der Waals surface area contributed by atoms with Crippen LogP contribution < -0.4 is 14.8 Å². The minimum absolute atomic E-state index is 0.140. The first-order chi connectivity index (χ1) is 15.5. The van der Waals surface area contributed by atoms with Gasteiger partial charge in [0, 0.05) is 25.8 Å². The van der Waals surface area contributed by atoms with Crippen LogP contribution in [0.2, 0.25) is 0 Å². The molecule has 0 bridgehead atoms. The van der Waals surface area contributed by atoms with Crippen molar-refractivity contribution < 1.29 is 28.6 Å². The van der Waals surface area contributed by atoms with Gasteiger partial charge in [-0.2, -0.15) is 0 Å². The van der Waals surface area contributed by atoms with E-state index in [1.165, 1.54) is 13.8 Å². The molecule has 3 aromatic carbocycles. The van der Waals surface area contributed by atoms with E-state index in [-0.39, 0.29) is 18.0 Å². The molecule has 0 unspecified atom stereocenters. The monoisotopic (exact) mass is 449 g/mol. The van der Waals surface area contributed by atoms with Crippen LogP contribution in [-0.2, 0) is 20.9 Å². The number of esters is 2. The third-order valence-corrected chi connectivity index (χ3v) is 4.56. The fourth-order valence-corrected chi connectivity index (χ4v) is 3.37. The summed E-state index contributed by atoms with van der Waals surface area (Å²) in [6.45, 7) is 8.11. The molecular formula is C26H27NO6. The van der Waals surface area contributed by atoms with Crippen molar-refractivity contribution in [3.8, 4) is 22.6 Å². The number of hydrogen-bond acceptors (Lipinski definition) is 6. The summed E-state index contributed by atoms with van der Waals surface area (Å²) < 4.78 is 16.1. The average Bonchev–Trinajstić information content (AvgIpc) is 2.72. The Hall–Kier alpha value is -3.87. The Morgan fingerprint density at radius 2 is 1.48 bits per heavy atom. The minimum Gasteiger partial charge on any atom is -0.444 e. The summed E-state index contributed by atoms with van der Waals surface area (Å²) in [7, 11) is 0. The average molecular weight is 450 g/mol. The van der Waals surface area contributed by atoms with Crippen molar-refractivity contribution >= 4 is 28.8 Å². The van der Waals surface area contributed by atoms with E-state index >= 15 is 0 Å². The van der Waals surface area contributed by atoms with Gasteiger partial charge in [0.15, 0.2) is 11.5 Å². The number of hydrogen-bond donors (Lipinski definition) is 1. The Kier molecular flexibility index (Phi) is 7.01. The van der Waals surface area contributed by atoms with Crippen molar-refractivity contribution in [2.75, 3.05) is 0 Å². The van der Waals surface area contributed by atoms with Gasteiger partial charge in [0.05, 0.1) is 0 Å². The third kappa shape index (κ3) is 6.32. The summed E-state index contributed by atoms with van der Waals surface area (Å²) in [5.74, 6) is -0.795. The van der Waals surface area contributed by atoms with Gasteiger partial charge in [0.25, 0.3) is 0 Å². The van der Waals surface area contributed by atoms with Gasteiger partial charge in [-0.3, -0.25) is 9.59 Å². The molecule has 0 aliphatic heterocycles. The molecule has 33 heavy (non-hydrogen) atoms. The second-order valence-corrected chi connectivity index (χ2v) is 8.53. The molecule has 172 valence electrons. The molecule has 1 N–H and O–H groups in total. The fraction of sp³-hybridized carbons (Fsp3) is 0.269. The highest BCUT2D eigenvalue weighted by Crippen LogP contribution is 2.40. The fourth-order valence-electron chi connectivity index (χ4n) is 3.37. The van der Waals surface area contributed by atoms with Crippen LogP contribution in [-0.4, -0.2) is 23.6 Å². The summed E-state index contributed by atoms with van der Waals surface area (Å²) in [5.41, 5.74) is 1.93. The van der Waals surface area contributed by atoms with E-state index in [2.05, 4.69) is 5.32 Å². The molecule has 1 amide bonds. The molecule has 3 rings (SSSR count). The van der Waals surface area contributed by atoms with Gasteiger partial charge in [-0.1, -0.05) is 36.4 Å². The van der Waals surface area contributed by atoms with E-state index in [9.17, 15) is 14.4 Å². The van der Waals surface area contributed by atoms with E-state index in [1.807, 2.05) is 42.5 Å². The number of rotatable bonds is 5. The molecule has 0 saturated heterocycles. The number of alkyl carbamates (subject to hydrolysis) is 1. The third-order valence-electron chi connectivity index (χ3n) is 4.56. The molecule has 0 spiro atoms. The Bertz CT molecular complexity index is 1190. The molecule has 0 aliphatic rings. The zero-order chi connectivity index (χ0) is 24.2. The molecule has 0 aliphatic carbocycles. The molecule has 0 radical (unpaired) electrons. The number of amides is 1. The summed E-state index contributed by atoms with van der Waals surface area (Å²) in [4.78, 5) is 35.7. The molecule has 0 fully saturated rings. The van der Waals surface area contributed by atoms with Crippen molar-refractivity contribution in [3.63, 3.8) is 0 Å². The van der Waals surface area contributed by atoms with Crippen molar-refractivity contribution in [3.05, 3.63) is 60.2 Å². The van der Waals surface area contributed by atoms with Crippen molar-refractivity contribution in [1.29, 1.82) is 0 Å². The van der Waals surface area contributed by atoms with Crippen LogP contribution in [0.25, 0.3) is 21.9 Å². The molecule has 3 aromatic rings. The maximum absolute atomic E-state index is 12.3. The number of carbonyl (C=O) groups excluding carboxylic acids is 3. The first-order valence-corrected chi connectivity index (χ1v) is 10.5. The van der Waals surface area contributed by atoms with Crippen LogP contribution in [0.4, 0.5) is 4.79 Å². The highest BCUT2D eigenvalue weighted by molar-refractivity contribution is 5.98. The summed E-state index contributed by atoms with van der Waals surface area (Å²) in [6.07, 6.45) is -0.544. The SMILES string of the molecule is CC(=O)Oc1ccc2c(CNC(=O)OC(C)(C)C)cc(-c3ccccc3)cc2c1OC(C)=O. The van der Waals surface area contributed by atoms with Crippen LogP contribution in [0.1, 0.15) is 40.2 Å². The van der Waals surface area contributed by atoms with Crippen LogP contribution in [0, 0.1) is 0 Å². The van der Waals surface area contributed by atoms with Gasteiger partial charge < -0.3 is 19.5 Å². The number of fused-ring (bicyclic) bond motifs is 1. The molecule has 0 heterocycles. The lowest BCUT2D eigenvalue weighted by molar-refractivity contribution is -0.134. The molecular weight excluding hydrogens is 422 g/mol. The van der Waals surface area contributed by atoms with Crippen LogP contribution in [0.15, 0.2) is 54.6 Å². The highest BCUT2D eigenvalue weighted by atomic mass is 16.6. The van der Waals surface area contributed by atoms with Crippen molar-refractivity contribution in [2.45, 2.75) is 46.8 Å². The van der Waals surface area contributed by atoms with E-state index in [0.717, 1.165) is 22.1 Å². The predicted octanol–water partition coefficient (Wildman–Crippen LogP) is 5.38. The lowest BCUT2D eigenvalue weighted by atomic mass is 9.96. The van der Waals surface area contributed by atoms with E-state index < -0.39 is 23.6 Å². The van der Waals surface area contributed by atoms with Gasteiger partial charge >= 0.3 is 18.0 Å². The lowest BCUT2D eigenvalue weighted by Gasteiger charge is -2.20. The van der Waals surface area contributed by atoms with Gasteiger partial charge in [0.2, 0.25) is 0 Å². The second-order valence-electron chi connectivity index (χ2n) is 8.53. The first-order valence-electron chi connectivity index (χ1n) is 10.5. The Labute approximate surface area is 192 Å². The van der Waals surface area contributed by atoms with E-state index in [1.54, 1.807) is 32.9 Å². The standard InChI is InChI=1S/C26H27NO6/c1-16(28)31-23-12-11-21-20(15-27-25(30)33-26(3,4)5)13-19(18-9-7-6-8-10-18)14-22(21)24(23)32-17(2)29/h6-14H,15H2,1-5H3,(H,27,30). The Morgan fingerprint density at radius 1 is 0.818 bits per heavy atom. The minimum atomic E-state index is -0.626. The second kappa shape index (κ2) is 9.73. The van der Waals surface area contributed by atoms with Gasteiger partial charge in [-0.25, -0.2) is 4.79 Å². The quantitative estimate of drug-likeness (QED) is 0.415. The zero-order valence-electron chi connectivity index (χ0n) is 19.4. The summed E-state index contributed by atoms with van der Waals surface area (Å²) in [5, 5.41) is 4.09. The predicted molar refractivity (Wildman–Crippen MR) is 125 cm³/mol. The number of benzene rings is 3. The van der Waals surface area contributed by atoms with Gasteiger partial charge in [-0.05, 0) is 61.0 Å². The van der Waals surface area contributed by atoms with Gasteiger partial charge in [-0.15, -0.1) is 0 Å². The molecule has 7 heteroatoms.